The molecule has 0 bridgehead atoms. The summed E-state index contributed by atoms with van der Waals surface area (Å²) in [6.07, 6.45) is 0. The van der Waals surface area contributed by atoms with Crippen molar-refractivity contribution >= 4 is 15.7 Å². The van der Waals surface area contributed by atoms with Crippen LogP contribution in [0, 0.1) is 27.4 Å². The summed E-state index contributed by atoms with van der Waals surface area (Å²) >= 11 is 0. The number of nitrogens with one attached hydrogen (secondary N) is 1. The van der Waals surface area contributed by atoms with Crippen molar-refractivity contribution in [2.24, 2.45) is 5.92 Å². The van der Waals surface area contributed by atoms with E-state index in [0.29, 0.717) is 0 Å². The Morgan fingerprint density at radius 1 is 1.43 bits per heavy atom. The van der Waals surface area contributed by atoms with E-state index in [4.69, 9.17) is 10.00 Å². The van der Waals surface area contributed by atoms with Crippen molar-refractivity contribution in [1.82, 2.24) is 4.72 Å². The lowest BCUT2D eigenvalue weighted by atomic mass is 10.1. The number of hydrogen-bond acceptors (Lipinski definition) is 6. The highest BCUT2D eigenvalue weighted by Gasteiger charge is 2.29. The maximum atomic E-state index is 12.2. The van der Waals surface area contributed by atoms with Gasteiger partial charge in [0, 0.05) is 0 Å². The van der Waals surface area contributed by atoms with Crippen molar-refractivity contribution in [2.75, 3.05) is 7.11 Å². The standard InChI is InChI=1S/C12H15N3O5S/c1-8(2)10(7-13)14-21(18,19)12-5-4-9(20-3)6-11(12)15(16)17/h4-6,8,10,14H,1-3H3. The fourth-order valence-corrected chi connectivity index (χ4v) is 2.98. The molecule has 1 N–H and O–H groups in total. The van der Waals surface area contributed by atoms with Crippen LogP contribution in [-0.2, 0) is 10.0 Å². The number of nitro benzene ring substituents is 1. The summed E-state index contributed by atoms with van der Waals surface area (Å²) in [6.45, 7) is 3.33. The first-order valence-electron chi connectivity index (χ1n) is 5.97. The van der Waals surface area contributed by atoms with Crippen LogP contribution in [0.15, 0.2) is 23.1 Å². The van der Waals surface area contributed by atoms with E-state index >= 15 is 0 Å². The average Bonchev–Trinajstić information content (AvgIpc) is 2.43. The SMILES string of the molecule is COc1ccc(S(=O)(=O)NC(C#N)C(C)C)c([N+](=O)[O-])c1. The Hall–Kier alpha value is -2.18. The van der Waals surface area contributed by atoms with Gasteiger partial charge in [-0.1, -0.05) is 13.8 Å². The Kier molecular flexibility index (Phi) is 5.23. The second-order valence-corrected chi connectivity index (χ2v) is 6.25. The highest BCUT2D eigenvalue weighted by molar-refractivity contribution is 7.89. The number of rotatable bonds is 6. The van der Waals surface area contributed by atoms with E-state index in [1.54, 1.807) is 13.8 Å². The molecule has 0 aliphatic carbocycles. The van der Waals surface area contributed by atoms with Crippen LogP contribution >= 0.6 is 0 Å². The van der Waals surface area contributed by atoms with Crippen LogP contribution < -0.4 is 9.46 Å². The molecule has 1 atom stereocenters. The van der Waals surface area contributed by atoms with Crippen molar-refractivity contribution in [3.8, 4) is 11.8 Å². The Morgan fingerprint density at radius 2 is 2.05 bits per heavy atom. The highest BCUT2D eigenvalue weighted by Crippen LogP contribution is 2.28. The summed E-state index contributed by atoms with van der Waals surface area (Å²) in [5.41, 5.74) is -0.609. The molecule has 0 radical (unpaired) electrons. The monoisotopic (exact) mass is 313 g/mol. The molecular formula is C12H15N3O5S. The molecule has 0 saturated heterocycles. The topological polar surface area (TPSA) is 122 Å². The van der Waals surface area contributed by atoms with Crippen molar-refractivity contribution in [3.63, 3.8) is 0 Å². The summed E-state index contributed by atoms with van der Waals surface area (Å²) in [6, 6.07) is 4.24. The number of nitro groups is 1. The maximum Gasteiger partial charge on any atom is 0.293 e. The average molecular weight is 313 g/mol. The zero-order valence-corrected chi connectivity index (χ0v) is 12.5. The Balaban J connectivity index is 3.32. The molecule has 114 valence electrons. The van der Waals surface area contributed by atoms with E-state index < -0.39 is 31.6 Å². The maximum absolute atomic E-state index is 12.2. The number of nitrogens with zero attached hydrogens (tertiary/aromatic N) is 2. The van der Waals surface area contributed by atoms with Crippen molar-refractivity contribution in [3.05, 3.63) is 28.3 Å². The molecule has 0 fully saturated rings. The Morgan fingerprint density at radius 3 is 2.48 bits per heavy atom. The van der Waals surface area contributed by atoms with Crippen molar-refractivity contribution < 1.29 is 18.1 Å². The molecule has 0 spiro atoms. The molecule has 8 nitrogen and oxygen atoms in total. The first-order chi connectivity index (χ1) is 9.72. The first-order valence-corrected chi connectivity index (χ1v) is 7.45. The van der Waals surface area contributed by atoms with E-state index in [1.165, 1.54) is 13.2 Å². The van der Waals surface area contributed by atoms with Gasteiger partial charge in [0.2, 0.25) is 10.0 Å². The second-order valence-electron chi connectivity index (χ2n) is 4.56. The van der Waals surface area contributed by atoms with Crippen molar-refractivity contribution in [1.29, 1.82) is 5.26 Å². The number of sulfonamides is 1. The lowest BCUT2D eigenvalue weighted by Gasteiger charge is -2.15. The molecule has 21 heavy (non-hydrogen) atoms. The minimum atomic E-state index is -4.19. The van der Waals surface area contributed by atoms with Gasteiger partial charge in [-0.2, -0.15) is 9.98 Å². The van der Waals surface area contributed by atoms with Crippen LogP contribution in [0.1, 0.15) is 13.8 Å². The normalized spacial score (nSPS) is 12.7. The molecule has 1 aromatic carbocycles. The van der Waals surface area contributed by atoms with Gasteiger partial charge in [0.15, 0.2) is 4.90 Å². The molecule has 0 heterocycles. The molecule has 0 aliphatic rings. The summed E-state index contributed by atoms with van der Waals surface area (Å²) in [4.78, 5) is 9.70. The predicted octanol–water partition coefficient (Wildman–Crippen LogP) is 1.43. The Labute approximate surface area is 122 Å². The largest absolute Gasteiger partial charge is 0.497 e. The molecule has 1 aromatic rings. The lowest BCUT2D eigenvalue weighted by molar-refractivity contribution is -0.387. The second kappa shape index (κ2) is 6.51. The number of nitriles is 1. The van der Waals surface area contributed by atoms with Crippen LogP contribution in [0.4, 0.5) is 5.69 Å². The minimum Gasteiger partial charge on any atom is -0.497 e. The molecule has 1 rings (SSSR count). The van der Waals surface area contributed by atoms with Gasteiger partial charge < -0.3 is 4.74 Å². The number of methoxy groups -OCH3 is 1. The van der Waals surface area contributed by atoms with Crippen LogP contribution in [0.25, 0.3) is 0 Å². The summed E-state index contributed by atoms with van der Waals surface area (Å²) in [5.74, 6) is -0.108. The summed E-state index contributed by atoms with van der Waals surface area (Å²) < 4.78 is 31.4. The third kappa shape index (κ3) is 3.90. The van der Waals surface area contributed by atoms with Gasteiger partial charge in [0.1, 0.15) is 11.8 Å². The molecule has 9 heteroatoms. The zero-order chi connectivity index (χ0) is 16.2. The van der Waals surface area contributed by atoms with E-state index in [-0.39, 0.29) is 11.7 Å². The molecule has 0 aromatic heterocycles. The van der Waals surface area contributed by atoms with Gasteiger partial charge in [-0.05, 0) is 18.1 Å². The fourth-order valence-electron chi connectivity index (χ4n) is 1.54. The Bertz CT molecular complexity index is 679. The number of benzene rings is 1. The quantitative estimate of drug-likeness (QED) is 0.626. The summed E-state index contributed by atoms with van der Waals surface area (Å²) in [7, 11) is -2.87. The number of hydrogen-bond donors (Lipinski definition) is 1. The van der Waals surface area contributed by atoms with Crippen LogP contribution in [-0.4, -0.2) is 26.5 Å². The predicted molar refractivity (Wildman–Crippen MR) is 74.2 cm³/mol. The molecule has 0 aliphatic heterocycles. The molecule has 1 unspecified atom stereocenters. The van der Waals surface area contributed by atoms with Gasteiger partial charge in [0.05, 0.1) is 24.2 Å². The first kappa shape index (κ1) is 16.9. The highest BCUT2D eigenvalue weighted by atomic mass is 32.2. The summed E-state index contributed by atoms with van der Waals surface area (Å²) in [5, 5.41) is 20.0. The smallest absolute Gasteiger partial charge is 0.293 e. The molecule has 0 saturated carbocycles. The van der Waals surface area contributed by atoms with Crippen LogP contribution in [0.3, 0.4) is 0 Å². The minimum absolute atomic E-state index is 0.168. The number of ether oxygens (including phenoxy) is 1. The fraction of sp³-hybridized carbons (Fsp3) is 0.417. The van der Waals surface area contributed by atoms with E-state index in [9.17, 15) is 18.5 Å². The van der Waals surface area contributed by atoms with Crippen molar-refractivity contribution in [2.45, 2.75) is 24.8 Å². The van der Waals surface area contributed by atoms with E-state index in [1.807, 2.05) is 6.07 Å². The molecular weight excluding hydrogens is 298 g/mol. The third-order valence-corrected chi connectivity index (χ3v) is 4.23. The van der Waals surface area contributed by atoms with E-state index in [2.05, 4.69) is 4.72 Å². The zero-order valence-electron chi connectivity index (χ0n) is 11.7. The van der Waals surface area contributed by atoms with Crippen LogP contribution in [0.5, 0.6) is 5.75 Å². The van der Waals surface area contributed by atoms with Gasteiger partial charge in [-0.15, -0.1) is 0 Å². The molecule has 0 amide bonds. The third-order valence-electron chi connectivity index (χ3n) is 2.74. The lowest BCUT2D eigenvalue weighted by Crippen LogP contribution is -2.37. The van der Waals surface area contributed by atoms with Gasteiger partial charge in [0.25, 0.3) is 5.69 Å². The van der Waals surface area contributed by atoms with Gasteiger partial charge >= 0.3 is 0 Å². The van der Waals surface area contributed by atoms with Gasteiger partial charge in [-0.3, -0.25) is 10.1 Å². The van der Waals surface area contributed by atoms with Gasteiger partial charge in [-0.25, -0.2) is 8.42 Å². The van der Waals surface area contributed by atoms with Crippen LogP contribution in [0.2, 0.25) is 0 Å². The van der Waals surface area contributed by atoms with E-state index in [0.717, 1.165) is 12.1 Å².